The van der Waals surface area contributed by atoms with Gasteiger partial charge in [-0.2, -0.15) is 0 Å². The summed E-state index contributed by atoms with van der Waals surface area (Å²) in [4.78, 5) is 28.2. The van der Waals surface area contributed by atoms with Crippen LogP contribution in [0.5, 0.6) is 0 Å². The molecule has 0 bridgehead atoms. The van der Waals surface area contributed by atoms with Gasteiger partial charge in [0, 0.05) is 34.8 Å². The second kappa shape index (κ2) is 5.87. The first-order valence-electron chi connectivity index (χ1n) is 6.49. The summed E-state index contributed by atoms with van der Waals surface area (Å²) in [6.45, 7) is 0. The summed E-state index contributed by atoms with van der Waals surface area (Å²) in [7, 11) is 0. The Morgan fingerprint density at radius 1 is 1.18 bits per heavy atom. The van der Waals surface area contributed by atoms with Crippen molar-refractivity contribution in [1.82, 2.24) is 4.98 Å². The van der Waals surface area contributed by atoms with E-state index in [9.17, 15) is 9.59 Å². The normalized spacial score (nSPS) is 10.8. The molecule has 1 aromatic carbocycles. The Balaban J connectivity index is 1.94. The molecule has 0 fully saturated rings. The largest absolute Gasteiger partial charge is 0.365 e. The maximum Gasteiger partial charge on any atom is 0.258 e. The van der Waals surface area contributed by atoms with Crippen LogP contribution < -0.4 is 5.73 Å². The monoisotopic (exact) mass is 330 g/mol. The molecule has 0 aliphatic heterocycles. The first kappa shape index (κ1) is 14.7. The van der Waals surface area contributed by atoms with E-state index in [1.54, 1.807) is 42.7 Å². The zero-order valence-electron chi connectivity index (χ0n) is 11.4. The molecular formula is C16H11ClN2O2S. The fourth-order valence-corrected chi connectivity index (χ4v) is 3.24. The lowest BCUT2D eigenvalue weighted by Crippen LogP contribution is -2.08. The van der Waals surface area contributed by atoms with E-state index < -0.39 is 5.91 Å². The highest BCUT2D eigenvalue weighted by Crippen LogP contribution is 2.28. The van der Waals surface area contributed by atoms with E-state index in [0.29, 0.717) is 15.5 Å². The van der Waals surface area contributed by atoms with E-state index >= 15 is 0 Å². The second-order valence-corrected chi connectivity index (χ2v) is 6.31. The van der Waals surface area contributed by atoms with Gasteiger partial charge in [-0.1, -0.05) is 11.6 Å². The van der Waals surface area contributed by atoms with Crippen LogP contribution in [0, 0.1) is 0 Å². The molecule has 0 saturated heterocycles. The van der Waals surface area contributed by atoms with Crippen molar-refractivity contribution in [3.8, 4) is 0 Å². The predicted octanol–water partition coefficient (Wildman–Crippen LogP) is 3.47. The lowest BCUT2D eigenvalue weighted by atomic mass is 10.0. The Labute approximate surface area is 135 Å². The van der Waals surface area contributed by atoms with Crippen LogP contribution in [0.2, 0.25) is 5.02 Å². The molecule has 1 amide bonds. The van der Waals surface area contributed by atoms with Gasteiger partial charge >= 0.3 is 0 Å². The second-order valence-electron chi connectivity index (χ2n) is 4.79. The first-order chi connectivity index (χ1) is 10.5. The van der Waals surface area contributed by atoms with Crippen LogP contribution in [-0.2, 0) is 6.42 Å². The van der Waals surface area contributed by atoms with Crippen molar-refractivity contribution in [2.24, 2.45) is 5.73 Å². The fourth-order valence-electron chi connectivity index (χ4n) is 2.19. The number of amides is 1. The van der Waals surface area contributed by atoms with Crippen LogP contribution in [0.3, 0.4) is 0 Å². The van der Waals surface area contributed by atoms with Gasteiger partial charge in [-0.15, -0.1) is 11.3 Å². The van der Waals surface area contributed by atoms with Crippen molar-refractivity contribution >= 4 is 44.7 Å². The summed E-state index contributed by atoms with van der Waals surface area (Å²) >= 11 is 7.10. The molecule has 22 heavy (non-hydrogen) atoms. The number of nitrogens with two attached hydrogens (primary N) is 1. The van der Waals surface area contributed by atoms with E-state index in [1.165, 1.54) is 11.3 Å². The Hall–Kier alpha value is -2.24. The molecule has 2 aromatic heterocycles. The number of carbonyl (C=O) groups is 2. The minimum Gasteiger partial charge on any atom is -0.365 e. The molecule has 0 atom stereocenters. The number of benzene rings is 1. The van der Waals surface area contributed by atoms with E-state index in [-0.39, 0.29) is 12.2 Å². The number of thiophene rings is 1. The van der Waals surface area contributed by atoms with Gasteiger partial charge in [-0.3, -0.25) is 14.6 Å². The molecule has 4 nitrogen and oxygen atoms in total. The van der Waals surface area contributed by atoms with Crippen LogP contribution in [-0.4, -0.2) is 16.7 Å². The lowest BCUT2D eigenvalue weighted by molar-refractivity contribution is 0.0989. The number of fused-ring (bicyclic) bond motifs is 1. The quantitative estimate of drug-likeness (QED) is 0.744. The molecule has 3 rings (SSSR count). The molecule has 110 valence electrons. The maximum absolute atomic E-state index is 12.4. The number of ketones is 1. The zero-order chi connectivity index (χ0) is 15.7. The van der Waals surface area contributed by atoms with Gasteiger partial charge in [0.05, 0.1) is 9.58 Å². The Morgan fingerprint density at radius 2 is 1.91 bits per heavy atom. The molecule has 0 saturated carbocycles. The van der Waals surface area contributed by atoms with E-state index in [1.807, 2.05) is 0 Å². The Kier molecular flexibility index (Phi) is 3.92. The van der Waals surface area contributed by atoms with Crippen molar-refractivity contribution in [3.05, 3.63) is 63.8 Å². The number of primary amides is 1. The maximum atomic E-state index is 12.4. The van der Waals surface area contributed by atoms with Crippen molar-refractivity contribution in [2.75, 3.05) is 0 Å². The number of carbonyl (C=O) groups excluding carboxylic acids is 2. The third-order valence-corrected chi connectivity index (χ3v) is 4.63. The molecule has 6 heteroatoms. The number of rotatable bonds is 4. The zero-order valence-corrected chi connectivity index (χ0v) is 12.9. The lowest BCUT2D eigenvalue weighted by Gasteiger charge is -2.03. The molecule has 0 aliphatic rings. The van der Waals surface area contributed by atoms with Crippen molar-refractivity contribution in [2.45, 2.75) is 6.42 Å². The molecule has 0 unspecified atom stereocenters. The highest BCUT2D eigenvalue weighted by Gasteiger charge is 2.13. The molecule has 2 N–H and O–H groups in total. The summed E-state index contributed by atoms with van der Waals surface area (Å²) in [5.41, 5.74) is 6.67. The molecular weight excluding hydrogens is 320 g/mol. The average Bonchev–Trinajstić information content (AvgIpc) is 2.93. The molecule has 0 spiro atoms. The SMILES string of the molecule is NC(=O)c1cc2c(CC(=O)c3ccc(Cl)cc3)cncc2s1. The third kappa shape index (κ3) is 2.86. The van der Waals surface area contributed by atoms with Gasteiger partial charge in [-0.05, 0) is 35.9 Å². The fraction of sp³-hybridized carbons (Fsp3) is 0.0625. The van der Waals surface area contributed by atoms with Gasteiger partial charge in [0.1, 0.15) is 0 Å². The van der Waals surface area contributed by atoms with Crippen molar-refractivity contribution in [3.63, 3.8) is 0 Å². The summed E-state index contributed by atoms with van der Waals surface area (Å²) < 4.78 is 0.843. The number of halogens is 1. The number of pyridine rings is 1. The number of hydrogen-bond donors (Lipinski definition) is 1. The van der Waals surface area contributed by atoms with Crippen molar-refractivity contribution < 1.29 is 9.59 Å². The van der Waals surface area contributed by atoms with Gasteiger partial charge in [0.2, 0.25) is 0 Å². The van der Waals surface area contributed by atoms with Crippen LogP contribution >= 0.6 is 22.9 Å². The number of Topliss-reactive ketones (excluding diaryl/α,β-unsaturated/α-hetero) is 1. The first-order valence-corrected chi connectivity index (χ1v) is 7.69. The average molecular weight is 331 g/mol. The van der Waals surface area contributed by atoms with Gasteiger partial charge < -0.3 is 5.73 Å². The van der Waals surface area contributed by atoms with Crippen LogP contribution in [0.4, 0.5) is 0 Å². The van der Waals surface area contributed by atoms with E-state index in [4.69, 9.17) is 17.3 Å². The summed E-state index contributed by atoms with van der Waals surface area (Å²) in [5, 5.41) is 1.43. The summed E-state index contributed by atoms with van der Waals surface area (Å²) in [6.07, 6.45) is 3.53. The molecule has 0 radical (unpaired) electrons. The number of aromatic nitrogens is 1. The molecule has 0 aliphatic carbocycles. The third-order valence-electron chi connectivity index (χ3n) is 3.29. The molecule has 2 heterocycles. The van der Waals surface area contributed by atoms with Crippen LogP contribution in [0.15, 0.2) is 42.7 Å². The smallest absolute Gasteiger partial charge is 0.258 e. The number of nitrogens with zero attached hydrogens (tertiary/aromatic N) is 1. The topological polar surface area (TPSA) is 73.1 Å². The van der Waals surface area contributed by atoms with E-state index in [2.05, 4.69) is 4.98 Å². The molecule has 3 aromatic rings. The highest BCUT2D eigenvalue weighted by molar-refractivity contribution is 7.20. The van der Waals surface area contributed by atoms with Crippen molar-refractivity contribution in [1.29, 1.82) is 0 Å². The summed E-state index contributed by atoms with van der Waals surface area (Å²) in [6, 6.07) is 8.47. The number of hydrogen-bond acceptors (Lipinski definition) is 4. The van der Waals surface area contributed by atoms with Gasteiger partial charge in [0.25, 0.3) is 5.91 Å². The summed E-state index contributed by atoms with van der Waals surface area (Å²) in [5.74, 6) is -0.506. The van der Waals surface area contributed by atoms with Crippen LogP contribution in [0.1, 0.15) is 25.6 Å². The minimum atomic E-state index is -0.476. The minimum absolute atomic E-state index is 0.0298. The van der Waals surface area contributed by atoms with E-state index in [0.717, 1.165) is 15.6 Å². The Bertz CT molecular complexity index is 871. The van der Waals surface area contributed by atoms with Crippen LogP contribution in [0.25, 0.3) is 10.1 Å². The van der Waals surface area contributed by atoms with Gasteiger partial charge in [-0.25, -0.2) is 0 Å². The highest BCUT2D eigenvalue weighted by atomic mass is 35.5. The predicted molar refractivity (Wildman–Crippen MR) is 87.6 cm³/mol. The standard InChI is InChI=1S/C16H11ClN2O2S/c17-11-3-1-9(2-4-11)13(20)5-10-7-19-8-15-12(10)6-14(22-15)16(18)21/h1-4,6-8H,5H2,(H2,18,21). The Morgan fingerprint density at radius 3 is 2.59 bits per heavy atom. The van der Waals surface area contributed by atoms with Gasteiger partial charge in [0.15, 0.2) is 5.78 Å².